The van der Waals surface area contributed by atoms with E-state index in [1.807, 2.05) is 0 Å². The lowest BCUT2D eigenvalue weighted by molar-refractivity contribution is 0.351. The smallest absolute Gasteiger partial charge is 0.0341 e. The Hall–Kier alpha value is -1.32. The van der Waals surface area contributed by atoms with Gasteiger partial charge in [0.05, 0.1) is 0 Å². The maximum atomic E-state index is 3.44. The van der Waals surface area contributed by atoms with Gasteiger partial charge >= 0.3 is 0 Å². The summed E-state index contributed by atoms with van der Waals surface area (Å²) in [5.41, 5.74) is 2.57. The number of likely N-dealkylation sites (N-methyl/N-ethyl adjacent to an activating group) is 1. The fourth-order valence-electron chi connectivity index (χ4n) is 2.04. The van der Waals surface area contributed by atoms with Gasteiger partial charge in [0.1, 0.15) is 0 Å². The minimum absolute atomic E-state index is 0.965. The lowest BCUT2D eigenvalue weighted by Crippen LogP contribution is -2.27. The summed E-state index contributed by atoms with van der Waals surface area (Å²) < 4.78 is 1.11. The van der Waals surface area contributed by atoms with Gasteiger partial charge in [-0.25, -0.2) is 0 Å². The molecule has 0 aromatic heterocycles. The Morgan fingerprint density at radius 2 is 1.65 bits per heavy atom. The number of rotatable bonds is 7. The van der Waals surface area contributed by atoms with Gasteiger partial charge < -0.3 is 10.2 Å². The van der Waals surface area contributed by atoms with Crippen LogP contribution in [-0.4, -0.2) is 31.6 Å². The van der Waals surface area contributed by atoms with Crippen LogP contribution < -0.4 is 5.32 Å². The molecule has 0 unspecified atom stereocenters. The molecule has 2 nitrogen and oxygen atoms in total. The number of nitrogens with one attached hydrogen (secondary N) is 1. The Labute approximate surface area is 129 Å². The molecule has 106 valence electrons. The highest BCUT2D eigenvalue weighted by Gasteiger charge is 1.99. The summed E-state index contributed by atoms with van der Waals surface area (Å²) in [6.07, 6.45) is 1.11. The van der Waals surface area contributed by atoms with Crippen LogP contribution in [0.25, 0.3) is 0 Å². The summed E-state index contributed by atoms with van der Waals surface area (Å²) in [7, 11) is 2.17. The molecule has 0 spiro atoms. The van der Waals surface area contributed by atoms with Gasteiger partial charge in [-0.1, -0.05) is 46.3 Å². The van der Waals surface area contributed by atoms with E-state index in [9.17, 15) is 0 Å². The van der Waals surface area contributed by atoms with E-state index in [-0.39, 0.29) is 0 Å². The molecule has 0 heterocycles. The molecule has 2 aromatic rings. The minimum atomic E-state index is 0.965. The monoisotopic (exact) mass is 332 g/mol. The number of benzene rings is 2. The molecule has 0 saturated heterocycles. The molecule has 0 fully saturated rings. The number of nitrogens with zero attached hydrogens (tertiary/aromatic N) is 1. The van der Waals surface area contributed by atoms with E-state index in [4.69, 9.17) is 0 Å². The van der Waals surface area contributed by atoms with Gasteiger partial charge in [-0.2, -0.15) is 0 Å². The Bertz CT molecular complexity index is 496. The predicted molar refractivity (Wildman–Crippen MR) is 90.3 cm³/mol. The first kappa shape index (κ1) is 15.1. The molecule has 0 radical (unpaired) electrons. The van der Waals surface area contributed by atoms with Crippen molar-refractivity contribution in [3.63, 3.8) is 0 Å². The number of anilines is 1. The Morgan fingerprint density at radius 1 is 0.950 bits per heavy atom. The normalized spacial score (nSPS) is 10.8. The van der Waals surface area contributed by atoms with Gasteiger partial charge in [-0.05, 0) is 43.3 Å². The van der Waals surface area contributed by atoms with Gasteiger partial charge in [0.2, 0.25) is 0 Å². The highest BCUT2D eigenvalue weighted by molar-refractivity contribution is 9.10. The van der Waals surface area contributed by atoms with Crippen LogP contribution in [0.1, 0.15) is 5.56 Å². The van der Waals surface area contributed by atoms with E-state index in [1.165, 1.54) is 11.3 Å². The van der Waals surface area contributed by atoms with Gasteiger partial charge in [-0.3, -0.25) is 0 Å². The van der Waals surface area contributed by atoms with E-state index in [0.29, 0.717) is 0 Å². The number of halogens is 1. The summed E-state index contributed by atoms with van der Waals surface area (Å²) >= 11 is 3.44. The molecular formula is C17H21BrN2. The van der Waals surface area contributed by atoms with E-state index >= 15 is 0 Å². The van der Waals surface area contributed by atoms with Crippen molar-refractivity contribution in [3.8, 4) is 0 Å². The first-order valence-electron chi connectivity index (χ1n) is 6.96. The molecule has 1 N–H and O–H groups in total. The topological polar surface area (TPSA) is 15.3 Å². The van der Waals surface area contributed by atoms with Gasteiger partial charge in [0, 0.05) is 29.8 Å². The van der Waals surface area contributed by atoms with Crippen molar-refractivity contribution < 1.29 is 0 Å². The molecule has 2 aromatic carbocycles. The molecule has 0 amide bonds. The molecule has 3 heteroatoms. The highest BCUT2D eigenvalue weighted by atomic mass is 79.9. The fourth-order valence-corrected chi connectivity index (χ4v) is 2.30. The van der Waals surface area contributed by atoms with E-state index in [1.54, 1.807) is 0 Å². The molecule has 0 bridgehead atoms. The first-order chi connectivity index (χ1) is 9.74. The maximum absolute atomic E-state index is 3.44. The van der Waals surface area contributed by atoms with Crippen LogP contribution in [0.3, 0.4) is 0 Å². The van der Waals surface area contributed by atoms with Crippen LogP contribution in [0, 0.1) is 0 Å². The van der Waals surface area contributed by atoms with Crippen LogP contribution in [0.2, 0.25) is 0 Å². The van der Waals surface area contributed by atoms with Crippen LogP contribution in [0.15, 0.2) is 59.1 Å². The summed E-state index contributed by atoms with van der Waals surface area (Å²) in [5, 5.41) is 3.44. The SMILES string of the molecule is CN(CCNc1ccc(Br)cc1)CCc1ccccc1. The van der Waals surface area contributed by atoms with E-state index in [2.05, 4.69) is 87.8 Å². The number of hydrogen-bond donors (Lipinski definition) is 1. The largest absolute Gasteiger partial charge is 0.384 e. The van der Waals surface area contributed by atoms with Crippen LogP contribution >= 0.6 is 15.9 Å². The number of hydrogen-bond acceptors (Lipinski definition) is 2. The molecule has 0 aliphatic heterocycles. The lowest BCUT2D eigenvalue weighted by Gasteiger charge is -2.17. The second kappa shape index (κ2) is 8.08. The van der Waals surface area contributed by atoms with Crippen molar-refractivity contribution >= 4 is 21.6 Å². The summed E-state index contributed by atoms with van der Waals surface area (Å²) in [6, 6.07) is 18.9. The lowest BCUT2D eigenvalue weighted by atomic mass is 10.1. The summed E-state index contributed by atoms with van der Waals surface area (Å²) in [6.45, 7) is 3.10. The zero-order chi connectivity index (χ0) is 14.2. The third-order valence-corrected chi connectivity index (χ3v) is 3.82. The molecular weight excluding hydrogens is 312 g/mol. The Kier molecular flexibility index (Phi) is 6.09. The van der Waals surface area contributed by atoms with Crippen molar-refractivity contribution in [1.29, 1.82) is 0 Å². The standard InChI is InChI=1S/C17H21BrN2/c1-20(13-11-15-5-3-2-4-6-15)14-12-19-17-9-7-16(18)8-10-17/h2-10,19H,11-14H2,1H3. The third kappa shape index (κ3) is 5.35. The van der Waals surface area contributed by atoms with Crippen LogP contribution in [0.5, 0.6) is 0 Å². The van der Waals surface area contributed by atoms with E-state index in [0.717, 1.165) is 30.5 Å². The van der Waals surface area contributed by atoms with Crippen molar-refractivity contribution in [2.24, 2.45) is 0 Å². The average Bonchev–Trinajstić information content (AvgIpc) is 2.48. The second-order valence-electron chi connectivity index (χ2n) is 4.97. The molecule has 0 saturated carbocycles. The summed E-state index contributed by atoms with van der Waals surface area (Å²) in [5.74, 6) is 0. The molecule has 0 aliphatic rings. The predicted octanol–water partition coefficient (Wildman–Crippen LogP) is 4.04. The van der Waals surface area contributed by atoms with Gasteiger partial charge in [-0.15, -0.1) is 0 Å². The highest BCUT2D eigenvalue weighted by Crippen LogP contribution is 2.13. The van der Waals surface area contributed by atoms with Crippen molar-refractivity contribution in [3.05, 3.63) is 64.6 Å². The Morgan fingerprint density at radius 3 is 2.35 bits per heavy atom. The molecule has 0 atom stereocenters. The second-order valence-corrected chi connectivity index (χ2v) is 5.89. The molecule has 0 aliphatic carbocycles. The summed E-state index contributed by atoms with van der Waals surface area (Å²) in [4.78, 5) is 2.36. The van der Waals surface area contributed by atoms with Gasteiger partial charge in [0.15, 0.2) is 0 Å². The fraction of sp³-hybridized carbons (Fsp3) is 0.294. The Balaban J connectivity index is 1.65. The molecule has 20 heavy (non-hydrogen) atoms. The quantitative estimate of drug-likeness (QED) is 0.823. The van der Waals surface area contributed by atoms with Gasteiger partial charge in [0.25, 0.3) is 0 Å². The van der Waals surface area contributed by atoms with Crippen molar-refractivity contribution in [1.82, 2.24) is 4.90 Å². The third-order valence-electron chi connectivity index (χ3n) is 3.29. The van der Waals surface area contributed by atoms with E-state index < -0.39 is 0 Å². The first-order valence-corrected chi connectivity index (χ1v) is 7.75. The average molecular weight is 333 g/mol. The van der Waals surface area contributed by atoms with Crippen LogP contribution in [0.4, 0.5) is 5.69 Å². The van der Waals surface area contributed by atoms with Crippen molar-refractivity contribution in [2.75, 3.05) is 32.0 Å². The minimum Gasteiger partial charge on any atom is -0.384 e. The maximum Gasteiger partial charge on any atom is 0.0341 e. The van der Waals surface area contributed by atoms with Crippen molar-refractivity contribution in [2.45, 2.75) is 6.42 Å². The molecule has 2 rings (SSSR count). The zero-order valence-electron chi connectivity index (χ0n) is 11.8. The zero-order valence-corrected chi connectivity index (χ0v) is 13.4. The van der Waals surface area contributed by atoms with Crippen LogP contribution in [-0.2, 0) is 6.42 Å².